The molecule has 0 saturated carbocycles. The Kier molecular flexibility index (Phi) is 3.83. The quantitative estimate of drug-likeness (QED) is 0.774. The van der Waals surface area contributed by atoms with Crippen LogP contribution in [-0.2, 0) is 20.9 Å². The molecule has 1 fully saturated rings. The van der Waals surface area contributed by atoms with Crippen molar-refractivity contribution in [2.75, 3.05) is 19.7 Å². The van der Waals surface area contributed by atoms with Gasteiger partial charge in [-0.3, -0.25) is 19.1 Å². The molecule has 0 atom stereocenters. The number of hydrogen-bond donors (Lipinski definition) is 1. The Morgan fingerprint density at radius 3 is 2.78 bits per heavy atom. The third-order valence-corrected chi connectivity index (χ3v) is 3.38. The molecule has 9 nitrogen and oxygen atoms in total. The van der Waals surface area contributed by atoms with Crippen LogP contribution in [0, 0.1) is 0 Å². The fraction of sp³-hybridized carbons (Fsp3) is 0.286. The summed E-state index contributed by atoms with van der Waals surface area (Å²) in [6, 6.07) is 6.13. The molecule has 0 radical (unpaired) electrons. The number of carbonyl (C=O) groups is 3. The molecular weight excluding hydrogens is 306 g/mol. The third kappa shape index (κ3) is 2.93. The summed E-state index contributed by atoms with van der Waals surface area (Å²) in [7, 11) is 0. The molecule has 1 aliphatic heterocycles. The van der Waals surface area contributed by atoms with Gasteiger partial charge in [-0.25, -0.2) is 9.59 Å². The lowest BCUT2D eigenvalue weighted by Crippen LogP contribution is -2.37. The average Bonchev–Trinajstić information content (AvgIpc) is 3.09. The Morgan fingerprint density at radius 2 is 2.04 bits per heavy atom. The van der Waals surface area contributed by atoms with Crippen LogP contribution < -0.4 is 11.1 Å². The van der Waals surface area contributed by atoms with E-state index in [9.17, 15) is 19.2 Å². The van der Waals surface area contributed by atoms with Crippen LogP contribution in [0.3, 0.4) is 0 Å². The number of imide groups is 1. The van der Waals surface area contributed by atoms with Crippen molar-refractivity contribution in [1.29, 1.82) is 0 Å². The van der Waals surface area contributed by atoms with Crippen LogP contribution in [0.5, 0.6) is 0 Å². The minimum absolute atomic E-state index is 0.237. The second kappa shape index (κ2) is 5.95. The summed E-state index contributed by atoms with van der Waals surface area (Å²) in [5.74, 6) is -2.07. The number of para-hydroxylation sites is 2. The first-order valence-electron chi connectivity index (χ1n) is 6.88. The van der Waals surface area contributed by atoms with Crippen molar-refractivity contribution in [3.63, 3.8) is 0 Å². The zero-order chi connectivity index (χ0) is 16.4. The number of ether oxygens (including phenoxy) is 1. The van der Waals surface area contributed by atoms with Crippen molar-refractivity contribution in [3.8, 4) is 0 Å². The van der Waals surface area contributed by atoms with Gasteiger partial charge in [0.15, 0.2) is 12.2 Å². The van der Waals surface area contributed by atoms with Crippen LogP contribution in [0.15, 0.2) is 33.5 Å². The number of benzene rings is 1. The molecule has 23 heavy (non-hydrogen) atoms. The Morgan fingerprint density at radius 1 is 1.26 bits per heavy atom. The van der Waals surface area contributed by atoms with Crippen molar-refractivity contribution in [2.45, 2.75) is 6.54 Å². The molecule has 1 aromatic heterocycles. The first-order chi connectivity index (χ1) is 11.1. The van der Waals surface area contributed by atoms with E-state index in [2.05, 4.69) is 5.32 Å². The minimum atomic E-state index is -0.772. The summed E-state index contributed by atoms with van der Waals surface area (Å²) in [6.45, 7) is -0.331. The Hall–Kier alpha value is -3.10. The lowest BCUT2D eigenvalue weighted by Gasteiger charge is -2.12. The maximum absolute atomic E-state index is 11.8. The molecule has 0 aliphatic carbocycles. The first-order valence-corrected chi connectivity index (χ1v) is 6.88. The van der Waals surface area contributed by atoms with E-state index in [1.54, 1.807) is 24.3 Å². The third-order valence-electron chi connectivity index (χ3n) is 3.38. The largest absolute Gasteiger partial charge is 0.454 e. The van der Waals surface area contributed by atoms with Crippen molar-refractivity contribution in [3.05, 3.63) is 34.8 Å². The van der Waals surface area contributed by atoms with Crippen LogP contribution in [0.1, 0.15) is 0 Å². The number of esters is 1. The number of amides is 3. The van der Waals surface area contributed by atoms with E-state index >= 15 is 0 Å². The van der Waals surface area contributed by atoms with Gasteiger partial charge in [-0.1, -0.05) is 12.1 Å². The van der Waals surface area contributed by atoms with Crippen LogP contribution in [0.25, 0.3) is 11.1 Å². The molecule has 0 bridgehead atoms. The van der Waals surface area contributed by atoms with E-state index in [1.807, 2.05) is 0 Å². The fourth-order valence-corrected chi connectivity index (χ4v) is 2.27. The molecule has 2 aromatic rings. The number of rotatable bonds is 4. The van der Waals surface area contributed by atoms with Gasteiger partial charge in [-0.05, 0) is 12.1 Å². The highest BCUT2D eigenvalue weighted by molar-refractivity contribution is 5.96. The number of urea groups is 1. The zero-order valence-electron chi connectivity index (χ0n) is 12.0. The molecule has 0 unspecified atom stereocenters. The highest BCUT2D eigenvalue weighted by Crippen LogP contribution is 2.11. The van der Waals surface area contributed by atoms with Gasteiger partial charge in [0.25, 0.3) is 5.91 Å². The summed E-state index contributed by atoms with van der Waals surface area (Å²) in [6.07, 6.45) is 0. The van der Waals surface area contributed by atoms with Crippen LogP contribution in [0.2, 0.25) is 0 Å². The van der Waals surface area contributed by atoms with Gasteiger partial charge in [0, 0.05) is 13.1 Å². The van der Waals surface area contributed by atoms with E-state index in [0.29, 0.717) is 17.6 Å². The highest BCUT2D eigenvalue weighted by atomic mass is 16.5. The summed E-state index contributed by atoms with van der Waals surface area (Å²) >= 11 is 0. The molecular formula is C14H13N3O6. The van der Waals surface area contributed by atoms with Gasteiger partial charge in [-0.2, -0.15) is 0 Å². The van der Waals surface area contributed by atoms with Crippen molar-refractivity contribution in [2.24, 2.45) is 0 Å². The lowest BCUT2D eigenvalue weighted by atomic mass is 10.3. The van der Waals surface area contributed by atoms with E-state index in [0.717, 1.165) is 9.47 Å². The maximum Gasteiger partial charge on any atom is 0.420 e. The normalized spacial score (nSPS) is 14.1. The monoisotopic (exact) mass is 319 g/mol. The summed E-state index contributed by atoms with van der Waals surface area (Å²) < 4.78 is 10.9. The number of oxazole rings is 1. The van der Waals surface area contributed by atoms with Crippen molar-refractivity contribution >= 4 is 29.0 Å². The molecule has 1 aliphatic rings. The topological polar surface area (TPSA) is 111 Å². The lowest BCUT2D eigenvalue weighted by molar-refractivity contribution is -0.151. The molecule has 3 rings (SSSR count). The molecule has 0 spiro atoms. The Labute approximate surface area is 129 Å². The number of fused-ring (bicyclic) bond motifs is 1. The summed E-state index contributed by atoms with van der Waals surface area (Å²) in [5, 5.41) is 2.47. The van der Waals surface area contributed by atoms with Gasteiger partial charge in [-0.15, -0.1) is 0 Å². The molecule has 1 N–H and O–H groups in total. The number of nitrogens with one attached hydrogen (secondary N) is 1. The van der Waals surface area contributed by atoms with Crippen LogP contribution in [0.4, 0.5) is 4.79 Å². The predicted molar refractivity (Wildman–Crippen MR) is 76.5 cm³/mol. The van der Waals surface area contributed by atoms with Crippen molar-refractivity contribution in [1.82, 2.24) is 14.8 Å². The summed E-state index contributed by atoms with van der Waals surface area (Å²) in [5.41, 5.74) is 0.815. The minimum Gasteiger partial charge on any atom is -0.454 e. The van der Waals surface area contributed by atoms with Gasteiger partial charge in [0.1, 0.15) is 6.54 Å². The standard InChI is InChI=1S/C14H13N3O6/c18-11(16-6-5-15-13(16)20)8-22-12(19)7-17-9-3-1-2-4-10(9)23-14(17)21/h1-4H,5-8H2,(H,15,20). The smallest absolute Gasteiger partial charge is 0.420 e. The second-order valence-corrected chi connectivity index (χ2v) is 4.86. The molecule has 9 heteroatoms. The second-order valence-electron chi connectivity index (χ2n) is 4.86. The highest BCUT2D eigenvalue weighted by Gasteiger charge is 2.26. The van der Waals surface area contributed by atoms with Gasteiger partial charge in [0.05, 0.1) is 5.52 Å². The zero-order valence-corrected chi connectivity index (χ0v) is 12.0. The van der Waals surface area contributed by atoms with E-state index in [4.69, 9.17) is 9.15 Å². The number of hydrogen-bond acceptors (Lipinski definition) is 6. The Bertz CT molecular complexity index is 836. The van der Waals surface area contributed by atoms with Crippen molar-refractivity contribution < 1.29 is 23.5 Å². The molecule has 3 amide bonds. The van der Waals surface area contributed by atoms with E-state index < -0.39 is 30.3 Å². The van der Waals surface area contributed by atoms with E-state index in [1.165, 1.54) is 0 Å². The number of carbonyl (C=O) groups excluding carboxylic acids is 3. The summed E-state index contributed by atoms with van der Waals surface area (Å²) in [4.78, 5) is 47.5. The van der Waals surface area contributed by atoms with Crippen LogP contribution >= 0.6 is 0 Å². The van der Waals surface area contributed by atoms with E-state index in [-0.39, 0.29) is 13.1 Å². The van der Waals surface area contributed by atoms with Gasteiger partial charge in [0.2, 0.25) is 0 Å². The van der Waals surface area contributed by atoms with Crippen LogP contribution in [-0.4, -0.2) is 47.1 Å². The maximum atomic E-state index is 11.8. The van der Waals surface area contributed by atoms with Gasteiger partial charge >= 0.3 is 17.8 Å². The molecule has 1 saturated heterocycles. The average molecular weight is 319 g/mol. The number of aromatic nitrogens is 1. The predicted octanol–water partition coefficient (Wildman–Crippen LogP) is -0.311. The number of nitrogens with zero attached hydrogens (tertiary/aromatic N) is 2. The van der Waals surface area contributed by atoms with Gasteiger partial charge < -0.3 is 14.5 Å². The fourth-order valence-electron chi connectivity index (χ4n) is 2.27. The SMILES string of the molecule is O=C(Cn1c(=O)oc2ccccc21)OCC(=O)N1CCNC1=O. The first kappa shape index (κ1) is 14.8. The Balaban J connectivity index is 1.63. The molecule has 2 heterocycles. The molecule has 1 aromatic carbocycles. The molecule has 120 valence electrons.